The third-order valence-electron chi connectivity index (χ3n) is 5.55. The second kappa shape index (κ2) is 9.49. The predicted molar refractivity (Wildman–Crippen MR) is 129 cm³/mol. The van der Waals surface area contributed by atoms with Crippen molar-refractivity contribution in [2.24, 2.45) is 0 Å². The molecule has 0 aliphatic rings. The fourth-order valence-corrected chi connectivity index (χ4v) is 4.76. The molecule has 0 saturated carbocycles. The summed E-state index contributed by atoms with van der Waals surface area (Å²) in [7, 11) is 1.66. The lowest BCUT2D eigenvalue weighted by Crippen LogP contribution is -2.29. The van der Waals surface area contributed by atoms with Crippen LogP contribution in [-0.2, 0) is 0 Å². The Hall–Kier alpha value is -2.90. The van der Waals surface area contributed by atoms with Crippen molar-refractivity contribution in [2.45, 2.75) is 20.3 Å². The molecule has 0 saturated heterocycles. The molecule has 31 heavy (non-hydrogen) atoms. The number of ether oxygens (including phenoxy) is 1. The van der Waals surface area contributed by atoms with Crippen molar-refractivity contribution in [3.8, 4) is 17.0 Å². The van der Waals surface area contributed by atoms with Gasteiger partial charge in [0.2, 0.25) is 0 Å². The van der Waals surface area contributed by atoms with Crippen LogP contribution in [0.1, 0.15) is 32.1 Å². The number of rotatable bonds is 9. The van der Waals surface area contributed by atoms with Gasteiger partial charge in [-0.05, 0) is 56.4 Å². The summed E-state index contributed by atoms with van der Waals surface area (Å²) < 4.78 is 8.46. The fraction of sp³-hybridized carbons (Fsp3) is 0.333. The maximum Gasteiger partial charge on any atom is 0.251 e. The first-order valence-electron chi connectivity index (χ1n) is 10.7. The number of thiazole rings is 1. The largest absolute Gasteiger partial charge is 0.497 e. The Morgan fingerprint density at radius 1 is 1.23 bits per heavy atom. The summed E-state index contributed by atoms with van der Waals surface area (Å²) in [5.74, 6) is 0.788. The maximum absolute atomic E-state index is 12.6. The van der Waals surface area contributed by atoms with Gasteiger partial charge >= 0.3 is 0 Å². The van der Waals surface area contributed by atoms with Crippen LogP contribution in [0.2, 0.25) is 0 Å². The van der Waals surface area contributed by atoms with E-state index in [4.69, 9.17) is 9.72 Å². The lowest BCUT2D eigenvalue weighted by Gasteiger charge is -2.17. The van der Waals surface area contributed by atoms with Gasteiger partial charge < -0.3 is 15.0 Å². The number of hydrogen-bond acceptors (Lipinski definition) is 5. The molecular weight excluding hydrogens is 408 g/mol. The van der Waals surface area contributed by atoms with Gasteiger partial charge in [-0.3, -0.25) is 9.20 Å². The smallest absolute Gasteiger partial charge is 0.251 e. The van der Waals surface area contributed by atoms with Gasteiger partial charge in [-0.1, -0.05) is 37.3 Å². The molecule has 0 aliphatic carbocycles. The highest BCUT2D eigenvalue weighted by molar-refractivity contribution is 7.23. The fourth-order valence-electron chi connectivity index (χ4n) is 3.71. The zero-order valence-electron chi connectivity index (χ0n) is 18.2. The first-order valence-corrected chi connectivity index (χ1v) is 11.5. The van der Waals surface area contributed by atoms with Crippen molar-refractivity contribution < 1.29 is 11.0 Å². The van der Waals surface area contributed by atoms with E-state index in [2.05, 4.69) is 28.5 Å². The average Bonchev–Trinajstić information content (AvgIpc) is 3.36. The van der Waals surface area contributed by atoms with Crippen molar-refractivity contribution in [3.63, 3.8) is 0 Å². The number of amides is 1. The minimum atomic E-state index is -0.0236. The molecule has 0 spiro atoms. The third kappa shape index (κ3) is 4.57. The number of carbonyl (C=O) groups excluding carboxylic acids is 1. The highest BCUT2D eigenvalue weighted by Crippen LogP contribution is 2.31. The van der Waals surface area contributed by atoms with Crippen LogP contribution in [0, 0.1) is 0 Å². The minimum Gasteiger partial charge on any atom is -0.497 e. The molecule has 0 unspecified atom stereocenters. The molecule has 1 amide bonds. The third-order valence-corrected chi connectivity index (χ3v) is 6.57. The van der Waals surface area contributed by atoms with Crippen LogP contribution in [0.25, 0.3) is 26.4 Å². The number of methoxy groups -OCH3 is 1. The summed E-state index contributed by atoms with van der Waals surface area (Å²) in [5.41, 5.74) is 3.67. The number of nitrogens with zero attached hydrogens (tertiary/aromatic N) is 3. The molecule has 2 aromatic carbocycles. The van der Waals surface area contributed by atoms with Gasteiger partial charge in [-0.25, -0.2) is 4.98 Å². The Balaban J connectivity index is 0.00000289. The van der Waals surface area contributed by atoms with E-state index in [9.17, 15) is 4.79 Å². The molecule has 2 aromatic heterocycles. The van der Waals surface area contributed by atoms with Gasteiger partial charge in [0, 0.05) is 25.3 Å². The number of hydrogen-bond donors (Lipinski definition) is 1. The van der Waals surface area contributed by atoms with Crippen molar-refractivity contribution in [1.82, 2.24) is 19.6 Å². The topological polar surface area (TPSA) is 58.9 Å². The molecule has 0 fully saturated rings. The maximum atomic E-state index is 12.6. The van der Waals surface area contributed by atoms with Crippen molar-refractivity contribution in [2.75, 3.05) is 33.3 Å². The summed E-state index contributed by atoms with van der Waals surface area (Å²) >= 11 is 1.59. The average molecular weight is 439 g/mol. The molecular formula is C24H30N4O2S. The SMILES string of the molecule is CCN(CC)CCCNC(=O)c1ccc2c(c1)sc1nc(-c3cccc(OC)c3)cn12.[HH]. The molecule has 0 aliphatic heterocycles. The molecule has 1 N–H and O–H groups in total. The predicted octanol–water partition coefficient (Wildman–Crippen LogP) is 4.93. The minimum absolute atomic E-state index is 0. The van der Waals surface area contributed by atoms with Crippen LogP contribution >= 0.6 is 11.3 Å². The lowest BCUT2D eigenvalue weighted by atomic mass is 10.1. The normalized spacial score (nSPS) is 11.5. The van der Waals surface area contributed by atoms with Gasteiger partial charge in [0.15, 0.2) is 4.96 Å². The van der Waals surface area contributed by atoms with Crippen molar-refractivity contribution in [1.29, 1.82) is 0 Å². The van der Waals surface area contributed by atoms with Gasteiger partial charge in [-0.15, -0.1) is 0 Å². The van der Waals surface area contributed by atoms with E-state index in [0.29, 0.717) is 12.1 Å². The standard InChI is InChI=1S/C24H28N4O2S.H2/c1-4-27(5-2)13-7-12-25-23(29)18-10-11-21-22(15-18)31-24-26-20(16-28(21)24)17-8-6-9-19(14-17)30-3;/h6,8-11,14-16H,4-5,7,12-13H2,1-3H3,(H,25,29);1H. The molecule has 0 bridgehead atoms. The van der Waals surface area contributed by atoms with Crippen LogP contribution in [0.3, 0.4) is 0 Å². The summed E-state index contributed by atoms with van der Waals surface area (Å²) in [6, 6.07) is 13.7. The number of imidazole rings is 1. The Kier molecular flexibility index (Phi) is 6.53. The monoisotopic (exact) mass is 438 g/mol. The molecule has 164 valence electrons. The first-order chi connectivity index (χ1) is 15.1. The molecule has 2 heterocycles. The number of aromatic nitrogens is 2. The van der Waals surface area contributed by atoms with Gasteiger partial charge in [0.1, 0.15) is 5.75 Å². The number of carbonyl (C=O) groups is 1. The van der Waals surface area contributed by atoms with Gasteiger partial charge in [0.25, 0.3) is 5.91 Å². The van der Waals surface area contributed by atoms with Crippen LogP contribution in [0.15, 0.2) is 48.7 Å². The quantitative estimate of drug-likeness (QED) is 0.376. The Morgan fingerprint density at radius 3 is 2.84 bits per heavy atom. The Morgan fingerprint density at radius 2 is 2.06 bits per heavy atom. The van der Waals surface area contributed by atoms with Crippen LogP contribution in [0.5, 0.6) is 5.75 Å². The van der Waals surface area contributed by atoms with E-state index < -0.39 is 0 Å². The highest BCUT2D eigenvalue weighted by Gasteiger charge is 2.13. The molecule has 7 heteroatoms. The number of benzene rings is 2. The van der Waals surface area contributed by atoms with E-state index in [0.717, 1.165) is 58.2 Å². The van der Waals surface area contributed by atoms with E-state index in [1.807, 2.05) is 48.7 Å². The van der Waals surface area contributed by atoms with Crippen molar-refractivity contribution in [3.05, 3.63) is 54.2 Å². The zero-order chi connectivity index (χ0) is 21.8. The van der Waals surface area contributed by atoms with E-state index >= 15 is 0 Å². The Labute approximate surface area is 188 Å². The molecule has 6 nitrogen and oxygen atoms in total. The molecule has 0 radical (unpaired) electrons. The highest BCUT2D eigenvalue weighted by atomic mass is 32.1. The van der Waals surface area contributed by atoms with Crippen molar-refractivity contribution >= 4 is 32.4 Å². The van der Waals surface area contributed by atoms with Crippen LogP contribution in [0.4, 0.5) is 0 Å². The van der Waals surface area contributed by atoms with E-state index in [-0.39, 0.29) is 7.33 Å². The second-order valence-corrected chi connectivity index (χ2v) is 8.44. The summed E-state index contributed by atoms with van der Waals surface area (Å²) in [4.78, 5) is 20.6. The summed E-state index contributed by atoms with van der Waals surface area (Å²) in [6.07, 6.45) is 2.99. The van der Waals surface area contributed by atoms with E-state index in [1.54, 1.807) is 18.4 Å². The Bertz CT molecular complexity index is 1200. The molecule has 0 atom stereocenters. The molecule has 4 aromatic rings. The number of fused-ring (bicyclic) bond motifs is 3. The second-order valence-electron chi connectivity index (χ2n) is 7.43. The number of nitrogens with one attached hydrogen (secondary N) is 1. The van der Waals surface area contributed by atoms with Gasteiger partial charge in [0.05, 0.1) is 23.0 Å². The zero-order valence-corrected chi connectivity index (χ0v) is 19.0. The van der Waals surface area contributed by atoms with Crippen LogP contribution < -0.4 is 10.1 Å². The summed E-state index contributed by atoms with van der Waals surface area (Å²) in [5, 5.41) is 3.04. The lowest BCUT2D eigenvalue weighted by molar-refractivity contribution is 0.0952. The van der Waals surface area contributed by atoms with Crippen LogP contribution in [-0.4, -0.2) is 53.5 Å². The first kappa shape index (κ1) is 21.3. The van der Waals surface area contributed by atoms with Gasteiger partial charge in [-0.2, -0.15) is 0 Å². The van der Waals surface area contributed by atoms with E-state index in [1.165, 1.54) is 0 Å². The molecule has 4 rings (SSSR count). The summed E-state index contributed by atoms with van der Waals surface area (Å²) in [6.45, 7) is 8.10.